The number of pyridine rings is 1. The van der Waals surface area contributed by atoms with Crippen LogP contribution in [0, 0.1) is 13.8 Å². The number of anilines is 1. The van der Waals surface area contributed by atoms with Crippen molar-refractivity contribution in [3.8, 4) is 11.4 Å². The molecule has 2 amide bonds. The summed E-state index contributed by atoms with van der Waals surface area (Å²) in [5, 5.41) is 10.2. The first-order valence-corrected chi connectivity index (χ1v) is 10.4. The predicted molar refractivity (Wildman–Crippen MR) is 124 cm³/mol. The van der Waals surface area contributed by atoms with Gasteiger partial charge in [-0.25, -0.2) is 9.48 Å². The van der Waals surface area contributed by atoms with Crippen molar-refractivity contribution in [1.29, 1.82) is 0 Å². The van der Waals surface area contributed by atoms with E-state index in [-0.39, 0.29) is 6.03 Å². The van der Waals surface area contributed by atoms with Crippen molar-refractivity contribution in [2.45, 2.75) is 27.0 Å². The molecule has 2 aromatic carbocycles. The number of benzene rings is 2. The lowest BCUT2D eigenvalue weighted by Gasteiger charge is -2.11. The first kappa shape index (κ1) is 21.1. The number of rotatable bonds is 7. The summed E-state index contributed by atoms with van der Waals surface area (Å²) >= 11 is 0. The van der Waals surface area contributed by atoms with Crippen molar-refractivity contribution < 1.29 is 9.53 Å². The molecule has 0 unspecified atom stereocenters. The zero-order valence-electron chi connectivity index (χ0n) is 18.1. The highest BCUT2D eigenvalue weighted by Gasteiger charge is 2.07. The van der Waals surface area contributed by atoms with Gasteiger partial charge in [0.15, 0.2) is 0 Å². The monoisotopic (exact) mass is 427 g/mol. The van der Waals surface area contributed by atoms with Crippen LogP contribution in [0.25, 0.3) is 5.69 Å². The topological polar surface area (TPSA) is 81.1 Å². The third-order valence-electron chi connectivity index (χ3n) is 4.86. The van der Waals surface area contributed by atoms with Gasteiger partial charge in [0.1, 0.15) is 12.4 Å². The van der Waals surface area contributed by atoms with E-state index < -0.39 is 0 Å². The number of ether oxygens (including phenoxy) is 1. The first-order valence-electron chi connectivity index (χ1n) is 10.4. The molecule has 32 heavy (non-hydrogen) atoms. The van der Waals surface area contributed by atoms with Gasteiger partial charge >= 0.3 is 6.03 Å². The van der Waals surface area contributed by atoms with Crippen molar-refractivity contribution >= 4 is 11.7 Å². The summed E-state index contributed by atoms with van der Waals surface area (Å²) in [5.41, 5.74) is 5.58. The van der Waals surface area contributed by atoms with Crippen LogP contribution >= 0.6 is 0 Å². The van der Waals surface area contributed by atoms with E-state index in [0.29, 0.717) is 18.8 Å². The second-order valence-corrected chi connectivity index (χ2v) is 7.49. The molecule has 0 aliphatic rings. The van der Waals surface area contributed by atoms with Crippen molar-refractivity contribution in [3.63, 3.8) is 0 Å². The number of hydrogen-bond donors (Lipinski definition) is 2. The van der Waals surface area contributed by atoms with Gasteiger partial charge in [-0.1, -0.05) is 24.3 Å². The molecule has 4 aromatic rings. The van der Waals surface area contributed by atoms with Crippen LogP contribution in [-0.2, 0) is 13.2 Å². The fourth-order valence-corrected chi connectivity index (χ4v) is 3.32. The minimum atomic E-state index is -0.271. The Kier molecular flexibility index (Phi) is 6.46. The highest BCUT2D eigenvalue weighted by Crippen LogP contribution is 2.17. The Balaban J connectivity index is 1.28. The molecule has 2 heterocycles. The summed E-state index contributed by atoms with van der Waals surface area (Å²) in [6, 6.07) is 20.8. The Labute approximate surface area is 187 Å². The molecule has 2 aromatic heterocycles. The van der Waals surface area contributed by atoms with E-state index in [1.165, 1.54) is 0 Å². The molecular formula is C25H25N5O2. The normalized spacial score (nSPS) is 10.6. The number of carbonyl (C=O) groups excluding carboxylic acids is 1. The third kappa shape index (κ3) is 5.51. The van der Waals surface area contributed by atoms with E-state index in [1.807, 2.05) is 85.3 Å². The van der Waals surface area contributed by atoms with Crippen LogP contribution in [0.1, 0.15) is 22.5 Å². The standard InChI is InChI=1S/C25H25N5O2/c1-18-13-19(2)30(29-18)23-7-3-6-22(14-23)28-25(31)27-16-20-8-10-24(11-9-20)32-17-21-5-4-12-26-15-21/h3-15H,16-17H2,1-2H3,(H2,27,28,31). The van der Waals surface area contributed by atoms with Crippen molar-refractivity contribution in [2.24, 2.45) is 0 Å². The number of aryl methyl sites for hydroxylation is 2. The Morgan fingerprint density at radius 2 is 1.84 bits per heavy atom. The third-order valence-corrected chi connectivity index (χ3v) is 4.86. The molecule has 0 aliphatic carbocycles. The fourth-order valence-electron chi connectivity index (χ4n) is 3.32. The molecule has 7 heteroatoms. The van der Waals surface area contributed by atoms with E-state index >= 15 is 0 Å². The number of hydrogen-bond acceptors (Lipinski definition) is 4. The molecule has 0 spiro atoms. The van der Waals surface area contributed by atoms with Crippen LogP contribution in [0.15, 0.2) is 79.1 Å². The van der Waals surface area contributed by atoms with Gasteiger partial charge in [-0.3, -0.25) is 4.98 Å². The van der Waals surface area contributed by atoms with Gasteiger partial charge in [0.05, 0.1) is 11.4 Å². The largest absolute Gasteiger partial charge is 0.489 e. The SMILES string of the molecule is Cc1cc(C)n(-c2cccc(NC(=O)NCc3ccc(OCc4cccnc4)cc3)c2)n1. The lowest BCUT2D eigenvalue weighted by atomic mass is 10.2. The van der Waals surface area contributed by atoms with Gasteiger partial charge in [-0.05, 0) is 61.9 Å². The average molecular weight is 428 g/mol. The van der Waals surface area contributed by atoms with Crippen LogP contribution in [0.2, 0.25) is 0 Å². The van der Waals surface area contributed by atoms with Gasteiger partial charge in [0.25, 0.3) is 0 Å². The van der Waals surface area contributed by atoms with Gasteiger partial charge in [-0.15, -0.1) is 0 Å². The Hall–Kier alpha value is -4.13. The summed E-state index contributed by atoms with van der Waals surface area (Å²) in [4.78, 5) is 16.4. The highest BCUT2D eigenvalue weighted by molar-refractivity contribution is 5.89. The lowest BCUT2D eigenvalue weighted by molar-refractivity contribution is 0.251. The smallest absolute Gasteiger partial charge is 0.319 e. The second-order valence-electron chi connectivity index (χ2n) is 7.49. The maximum atomic E-state index is 12.4. The number of urea groups is 1. The van der Waals surface area contributed by atoms with Crippen LogP contribution < -0.4 is 15.4 Å². The van der Waals surface area contributed by atoms with Crippen LogP contribution in [0.5, 0.6) is 5.75 Å². The summed E-state index contributed by atoms with van der Waals surface area (Å²) in [7, 11) is 0. The molecule has 2 N–H and O–H groups in total. The molecular weight excluding hydrogens is 402 g/mol. The molecule has 0 atom stereocenters. The van der Waals surface area contributed by atoms with Crippen molar-refractivity contribution in [2.75, 3.05) is 5.32 Å². The number of amides is 2. The van der Waals surface area contributed by atoms with E-state index in [9.17, 15) is 4.79 Å². The van der Waals surface area contributed by atoms with E-state index in [1.54, 1.807) is 12.4 Å². The van der Waals surface area contributed by atoms with Gasteiger partial charge < -0.3 is 15.4 Å². The molecule has 0 fully saturated rings. The molecule has 4 rings (SSSR count). The van der Waals surface area contributed by atoms with E-state index in [0.717, 1.165) is 34.0 Å². The Bertz CT molecular complexity index is 1190. The molecule has 0 bridgehead atoms. The number of carbonyl (C=O) groups is 1. The van der Waals surface area contributed by atoms with Crippen LogP contribution in [-0.4, -0.2) is 20.8 Å². The van der Waals surface area contributed by atoms with E-state index in [2.05, 4.69) is 20.7 Å². The summed E-state index contributed by atoms with van der Waals surface area (Å²) in [6.45, 7) is 4.83. The van der Waals surface area contributed by atoms with Crippen LogP contribution in [0.3, 0.4) is 0 Å². The second kappa shape index (κ2) is 9.78. The Morgan fingerprint density at radius 1 is 1.00 bits per heavy atom. The number of nitrogens with one attached hydrogen (secondary N) is 2. The summed E-state index contributed by atoms with van der Waals surface area (Å²) in [5.74, 6) is 0.767. The molecule has 0 saturated heterocycles. The van der Waals surface area contributed by atoms with Crippen LogP contribution in [0.4, 0.5) is 10.5 Å². The van der Waals surface area contributed by atoms with Gasteiger partial charge in [-0.2, -0.15) is 5.10 Å². The maximum absolute atomic E-state index is 12.4. The maximum Gasteiger partial charge on any atom is 0.319 e. The molecule has 0 radical (unpaired) electrons. The molecule has 0 saturated carbocycles. The van der Waals surface area contributed by atoms with Gasteiger partial charge in [0, 0.05) is 35.9 Å². The predicted octanol–water partition coefficient (Wildman–Crippen LogP) is 4.78. The molecule has 0 aliphatic heterocycles. The lowest BCUT2D eigenvalue weighted by Crippen LogP contribution is -2.28. The quantitative estimate of drug-likeness (QED) is 0.445. The van der Waals surface area contributed by atoms with Crippen molar-refractivity contribution in [1.82, 2.24) is 20.1 Å². The van der Waals surface area contributed by atoms with Crippen molar-refractivity contribution in [3.05, 3.63) is 102 Å². The van der Waals surface area contributed by atoms with E-state index in [4.69, 9.17) is 4.74 Å². The first-order chi connectivity index (χ1) is 15.6. The summed E-state index contributed by atoms with van der Waals surface area (Å²) < 4.78 is 7.62. The zero-order chi connectivity index (χ0) is 22.3. The summed E-state index contributed by atoms with van der Waals surface area (Å²) in [6.07, 6.45) is 3.52. The Morgan fingerprint density at radius 3 is 2.56 bits per heavy atom. The minimum Gasteiger partial charge on any atom is -0.489 e. The number of aromatic nitrogens is 3. The molecule has 162 valence electrons. The molecule has 7 nitrogen and oxygen atoms in total. The number of nitrogens with zero attached hydrogens (tertiary/aromatic N) is 3. The minimum absolute atomic E-state index is 0.271. The fraction of sp³-hybridized carbons (Fsp3) is 0.160. The zero-order valence-corrected chi connectivity index (χ0v) is 18.1. The van der Waals surface area contributed by atoms with Gasteiger partial charge in [0.2, 0.25) is 0 Å². The average Bonchev–Trinajstić information content (AvgIpc) is 3.16. The highest BCUT2D eigenvalue weighted by atomic mass is 16.5.